The van der Waals surface area contributed by atoms with E-state index in [1.54, 1.807) is 0 Å². The summed E-state index contributed by atoms with van der Waals surface area (Å²) < 4.78 is 21.7. The van der Waals surface area contributed by atoms with Gasteiger partial charge in [-0.3, -0.25) is 0 Å². The molecule has 0 bridgehead atoms. The monoisotopic (exact) mass is 555 g/mol. The Bertz CT molecular complexity index is 1120. The number of rotatable bonds is 12. The van der Waals surface area contributed by atoms with Crippen LogP contribution < -0.4 is 0 Å². The zero-order valence-electron chi connectivity index (χ0n) is 25.4. The first-order chi connectivity index (χ1) is 18.3. The van der Waals surface area contributed by atoms with E-state index in [1.807, 2.05) is 27.7 Å². The Kier molecular flexibility index (Phi) is 11.1. The van der Waals surface area contributed by atoms with Gasteiger partial charge in [0.2, 0.25) is 0 Å². The molecule has 2 unspecified atom stereocenters. The van der Waals surface area contributed by atoms with E-state index < -0.39 is 29.0 Å². The first kappa shape index (κ1) is 31.7. The number of carboxylic acids is 1. The number of fused-ring (bicyclic) bond motifs is 1. The van der Waals surface area contributed by atoms with Crippen LogP contribution in [0.2, 0.25) is 0 Å². The molecule has 0 aromatic heterocycles. The molecule has 5 nitrogen and oxygen atoms in total. The fourth-order valence-electron chi connectivity index (χ4n) is 5.70. The van der Waals surface area contributed by atoms with E-state index >= 15 is 0 Å². The zero-order valence-corrected chi connectivity index (χ0v) is 26.2. The fraction of sp³-hybridized carbons (Fsp3) is 0.606. The summed E-state index contributed by atoms with van der Waals surface area (Å²) in [7, 11) is 0. The summed E-state index contributed by atoms with van der Waals surface area (Å²) in [4.78, 5) is 12.6. The van der Waals surface area contributed by atoms with E-state index in [9.17, 15) is 14.5 Å². The van der Waals surface area contributed by atoms with Gasteiger partial charge in [0.25, 0.3) is 0 Å². The van der Waals surface area contributed by atoms with Crippen molar-refractivity contribution in [3.63, 3.8) is 0 Å². The fourth-order valence-corrected chi connectivity index (χ4v) is 7.13. The molecule has 3 atom stereocenters. The molecule has 1 aliphatic heterocycles. The summed E-state index contributed by atoms with van der Waals surface area (Å²) in [5.74, 6) is 0.310. The second kappa shape index (κ2) is 13.7. The minimum absolute atomic E-state index is 0.591. The molecule has 1 heterocycles. The van der Waals surface area contributed by atoms with Gasteiger partial charge in [-0.1, -0.05) is 69.4 Å². The molecular formula is C33H49NO4S. The minimum Gasteiger partial charge on any atom is -0.598 e. The number of aliphatic carboxylic acids is 1. The van der Waals surface area contributed by atoms with Crippen molar-refractivity contribution in [1.29, 1.82) is 0 Å². The lowest BCUT2D eigenvalue weighted by atomic mass is 9.80. The highest BCUT2D eigenvalue weighted by Gasteiger charge is 2.36. The summed E-state index contributed by atoms with van der Waals surface area (Å²) >= 11 is -1.03. The highest BCUT2D eigenvalue weighted by atomic mass is 32.2. The third-order valence-corrected chi connectivity index (χ3v) is 9.41. The zero-order chi connectivity index (χ0) is 28.9. The lowest BCUT2D eigenvalue weighted by molar-refractivity contribution is -0.160. The van der Waals surface area contributed by atoms with Gasteiger partial charge in [-0.15, -0.1) is 4.31 Å². The number of hydrogen-bond donors (Lipinski definition) is 1. The van der Waals surface area contributed by atoms with Crippen LogP contribution in [-0.2, 0) is 33.9 Å². The van der Waals surface area contributed by atoms with Crippen molar-refractivity contribution in [3.05, 3.63) is 57.6 Å². The number of aryl methyl sites for hydroxylation is 1. The van der Waals surface area contributed by atoms with Gasteiger partial charge >= 0.3 is 5.97 Å². The molecule has 0 spiro atoms. The van der Waals surface area contributed by atoms with E-state index in [4.69, 9.17) is 4.74 Å². The number of nitrogens with zero attached hydrogens (tertiary/aromatic N) is 1. The smallest absolute Gasteiger partial charge is 0.337 e. The van der Waals surface area contributed by atoms with E-state index in [0.717, 1.165) is 46.2 Å². The maximum Gasteiger partial charge on any atom is 0.337 e. The van der Waals surface area contributed by atoms with Crippen LogP contribution in [0.4, 0.5) is 0 Å². The standard InChI is InChI=1S/C33H49NO4S/c1-9-10-11-12-22(2)18-20-39(37)34-19-17-27-24(4)30(31(32(35)36)38-33(6,7)8)29(25(5)28(27)21-34)26-15-13-23(3)14-16-26/h13-16,22,31H,9-12,17-21H2,1-8H3,(H,35,36)/t22?,31-,39?/m0/s1. The molecule has 6 heteroatoms. The molecule has 2 aromatic rings. The number of ether oxygens (including phenoxy) is 1. The first-order valence-electron chi connectivity index (χ1n) is 14.6. The number of hydrogen-bond acceptors (Lipinski definition) is 4. The average molecular weight is 556 g/mol. The second-order valence-corrected chi connectivity index (χ2v) is 13.9. The van der Waals surface area contributed by atoms with Crippen molar-refractivity contribution in [2.24, 2.45) is 5.92 Å². The van der Waals surface area contributed by atoms with Crippen LogP contribution in [0.25, 0.3) is 11.1 Å². The van der Waals surface area contributed by atoms with Crippen LogP contribution in [0.3, 0.4) is 0 Å². The number of benzene rings is 2. The van der Waals surface area contributed by atoms with Crippen molar-refractivity contribution < 1.29 is 19.2 Å². The first-order valence-corrected chi connectivity index (χ1v) is 15.9. The number of unbranched alkanes of at least 4 members (excludes halogenated alkanes) is 2. The third kappa shape index (κ3) is 8.09. The lowest BCUT2D eigenvalue weighted by Crippen LogP contribution is -2.39. The summed E-state index contributed by atoms with van der Waals surface area (Å²) in [6.45, 7) is 17.7. The molecule has 216 valence electrons. The van der Waals surface area contributed by atoms with Gasteiger partial charge in [0.15, 0.2) is 6.10 Å². The van der Waals surface area contributed by atoms with Crippen molar-refractivity contribution in [1.82, 2.24) is 4.31 Å². The predicted octanol–water partition coefficient (Wildman–Crippen LogP) is 7.85. The van der Waals surface area contributed by atoms with Gasteiger partial charge in [-0.25, -0.2) is 4.79 Å². The maximum atomic E-state index is 13.4. The molecule has 0 radical (unpaired) electrons. The predicted molar refractivity (Wildman–Crippen MR) is 162 cm³/mol. The minimum atomic E-state index is -1.08. The van der Waals surface area contributed by atoms with Crippen molar-refractivity contribution in [2.45, 2.75) is 112 Å². The van der Waals surface area contributed by atoms with Gasteiger partial charge in [-0.2, -0.15) is 0 Å². The summed E-state index contributed by atoms with van der Waals surface area (Å²) in [6.07, 6.45) is 5.61. The summed E-state index contributed by atoms with van der Waals surface area (Å²) in [5, 5.41) is 10.3. The molecular weight excluding hydrogens is 506 g/mol. The van der Waals surface area contributed by atoms with Crippen molar-refractivity contribution >= 4 is 17.3 Å². The molecule has 0 amide bonds. The lowest BCUT2D eigenvalue weighted by Gasteiger charge is -2.35. The third-order valence-electron chi connectivity index (χ3n) is 7.94. The quantitative estimate of drug-likeness (QED) is 0.213. The van der Waals surface area contributed by atoms with Gasteiger partial charge in [-0.05, 0) is 93.7 Å². The highest BCUT2D eigenvalue weighted by molar-refractivity contribution is 7.89. The van der Waals surface area contributed by atoms with Gasteiger partial charge < -0.3 is 14.4 Å². The molecule has 2 aromatic carbocycles. The van der Waals surface area contributed by atoms with Gasteiger partial charge in [0.1, 0.15) is 5.75 Å². The summed E-state index contributed by atoms with van der Waals surface area (Å²) in [5.41, 5.74) is 7.61. The van der Waals surface area contributed by atoms with Crippen LogP contribution in [0.1, 0.15) is 106 Å². The summed E-state index contributed by atoms with van der Waals surface area (Å²) in [6, 6.07) is 8.27. The maximum absolute atomic E-state index is 13.4. The molecule has 0 saturated carbocycles. The Morgan fingerprint density at radius 1 is 1.08 bits per heavy atom. The van der Waals surface area contributed by atoms with Gasteiger partial charge in [0.05, 0.1) is 12.1 Å². The van der Waals surface area contributed by atoms with Crippen LogP contribution >= 0.6 is 0 Å². The van der Waals surface area contributed by atoms with Crippen LogP contribution in [0.5, 0.6) is 0 Å². The van der Waals surface area contributed by atoms with Crippen molar-refractivity contribution in [3.8, 4) is 11.1 Å². The van der Waals surface area contributed by atoms with E-state index in [0.29, 0.717) is 24.8 Å². The van der Waals surface area contributed by atoms with E-state index in [-0.39, 0.29) is 0 Å². The molecule has 1 aliphatic rings. The molecule has 0 aliphatic carbocycles. The van der Waals surface area contributed by atoms with Crippen LogP contribution in [0, 0.1) is 26.7 Å². The molecule has 1 N–H and O–H groups in total. The molecule has 3 rings (SSSR count). The number of carboxylic acid groups (broad SMARTS) is 1. The Morgan fingerprint density at radius 3 is 2.33 bits per heavy atom. The van der Waals surface area contributed by atoms with E-state index in [1.165, 1.54) is 36.8 Å². The Labute approximate surface area is 239 Å². The van der Waals surface area contributed by atoms with Crippen LogP contribution in [-0.4, -0.2) is 37.8 Å². The Balaban J connectivity index is 2.00. The normalized spacial score (nSPS) is 16.5. The van der Waals surface area contributed by atoms with Gasteiger partial charge in [0, 0.05) is 23.5 Å². The topological polar surface area (TPSA) is 72.8 Å². The highest BCUT2D eigenvalue weighted by Crippen LogP contribution is 2.43. The Hall–Kier alpha value is -1.86. The second-order valence-electron chi connectivity index (χ2n) is 12.3. The average Bonchev–Trinajstić information content (AvgIpc) is 2.88. The molecule has 0 saturated heterocycles. The van der Waals surface area contributed by atoms with E-state index in [2.05, 4.69) is 56.3 Å². The Morgan fingerprint density at radius 2 is 1.74 bits per heavy atom. The molecule has 0 fully saturated rings. The van der Waals surface area contributed by atoms with Crippen molar-refractivity contribution in [2.75, 3.05) is 12.3 Å². The van der Waals surface area contributed by atoms with Crippen LogP contribution in [0.15, 0.2) is 24.3 Å². The number of carbonyl (C=O) groups is 1. The largest absolute Gasteiger partial charge is 0.598 e. The SMILES string of the molecule is CCCCCC(C)CC[S+]([O-])N1CCc2c(C)c([C@H](OC(C)(C)C)C(=O)O)c(-c3ccc(C)cc3)c(C)c2C1. The molecule has 39 heavy (non-hydrogen) atoms.